The average Bonchev–Trinajstić information content (AvgIpc) is 2.40. The summed E-state index contributed by atoms with van der Waals surface area (Å²) in [5.41, 5.74) is 0.411. The fourth-order valence-electron chi connectivity index (χ4n) is 1.60. The van der Waals surface area contributed by atoms with Gasteiger partial charge in [0.15, 0.2) is 0 Å². The molecule has 0 saturated heterocycles. The monoisotopic (exact) mass is 278 g/mol. The van der Waals surface area contributed by atoms with E-state index < -0.39 is 5.97 Å². The third-order valence-corrected chi connectivity index (χ3v) is 2.73. The van der Waals surface area contributed by atoms with Crippen LogP contribution >= 0.6 is 11.6 Å². The number of aromatic nitrogens is 2. The minimum absolute atomic E-state index is 0.119. The van der Waals surface area contributed by atoms with Crippen LogP contribution in [0.4, 0.5) is 0 Å². The van der Waals surface area contributed by atoms with Crippen LogP contribution in [0.25, 0.3) is 11.4 Å². The largest absolute Gasteiger partial charge is 0.618 e. The number of rotatable bonds is 3. The van der Waals surface area contributed by atoms with Crippen LogP contribution in [0.3, 0.4) is 0 Å². The summed E-state index contributed by atoms with van der Waals surface area (Å²) in [7, 11) is 0. The predicted octanol–water partition coefficient (Wildman–Crippen LogP) is 2.21. The van der Waals surface area contributed by atoms with Gasteiger partial charge in [-0.25, -0.2) is 9.78 Å². The highest BCUT2D eigenvalue weighted by atomic mass is 35.5. The van der Waals surface area contributed by atoms with Gasteiger partial charge >= 0.3 is 11.7 Å². The number of hydrogen-bond donors (Lipinski definition) is 0. The normalized spacial score (nSPS) is 10.2. The van der Waals surface area contributed by atoms with Gasteiger partial charge in [0.25, 0.3) is 5.69 Å². The van der Waals surface area contributed by atoms with Gasteiger partial charge in [-0.15, -0.1) is 0 Å². The van der Waals surface area contributed by atoms with Gasteiger partial charge in [-0.2, -0.15) is 4.73 Å². The molecule has 98 valence electrons. The van der Waals surface area contributed by atoms with Crippen molar-refractivity contribution in [3.05, 3.63) is 52.5 Å². The molecule has 0 aliphatic heterocycles. The molecule has 0 fully saturated rings. The minimum Gasteiger partial charge on any atom is -0.618 e. The number of carbonyl (C=O) groups is 1. The van der Waals surface area contributed by atoms with E-state index in [-0.39, 0.29) is 23.0 Å². The lowest BCUT2D eigenvalue weighted by molar-refractivity contribution is -0.596. The molecule has 2 aromatic rings. The molecule has 0 spiro atoms. The third kappa shape index (κ3) is 2.66. The summed E-state index contributed by atoms with van der Waals surface area (Å²) in [6.45, 7) is 1.86. The van der Waals surface area contributed by atoms with Crippen LogP contribution in [0.5, 0.6) is 0 Å². The fourth-order valence-corrected chi connectivity index (χ4v) is 1.84. The number of nitrogens with zero attached hydrogens (tertiary/aromatic N) is 2. The number of carbonyl (C=O) groups excluding carboxylic acids is 1. The molecule has 0 bridgehead atoms. The molecule has 0 unspecified atom stereocenters. The van der Waals surface area contributed by atoms with Crippen molar-refractivity contribution in [1.82, 2.24) is 4.98 Å². The van der Waals surface area contributed by atoms with Crippen LogP contribution in [0.1, 0.15) is 17.4 Å². The highest BCUT2D eigenvalue weighted by molar-refractivity contribution is 6.32. The smallest absolute Gasteiger partial charge is 0.405 e. The molecular weight excluding hydrogens is 268 g/mol. The van der Waals surface area contributed by atoms with E-state index >= 15 is 0 Å². The molecule has 0 radical (unpaired) electrons. The summed E-state index contributed by atoms with van der Waals surface area (Å²) >= 11 is 6.00. The number of pyridine rings is 2. The van der Waals surface area contributed by atoms with Gasteiger partial charge in [0.2, 0.25) is 0 Å². The number of halogens is 1. The lowest BCUT2D eigenvalue weighted by Gasteiger charge is -2.09. The summed E-state index contributed by atoms with van der Waals surface area (Å²) < 4.78 is 5.26. The van der Waals surface area contributed by atoms with Crippen LogP contribution < -0.4 is 4.73 Å². The quantitative estimate of drug-likeness (QED) is 0.490. The highest BCUT2D eigenvalue weighted by Gasteiger charge is 2.24. The Morgan fingerprint density at radius 1 is 1.42 bits per heavy atom. The van der Waals surface area contributed by atoms with Gasteiger partial charge in [0, 0.05) is 12.3 Å². The topological polar surface area (TPSA) is 66.1 Å². The van der Waals surface area contributed by atoms with E-state index in [0.29, 0.717) is 10.4 Å². The molecule has 0 aliphatic carbocycles. The first-order valence-electron chi connectivity index (χ1n) is 5.65. The fraction of sp³-hybridized carbons (Fsp3) is 0.154. The molecule has 5 nitrogen and oxygen atoms in total. The number of hydrogen-bond acceptors (Lipinski definition) is 4. The molecule has 0 amide bonds. The van der Waals surface area contributed by atoms with Gasteiger partial charge < -0.3 is 9.94 Å². The Hall–Kier alpha value is -2.14. The Bertz CT molecular complexity index is 602. The van der Waals surface area contributed by atoms with Crippen LogP contribution in [-0.2, 0) is 4.74 Å². The Labute approximate surface area is 115 Å². The van der Waals surface area contributed by atoms with Crippen molar-refractivity contribution < 1.29 is 14.3 Å². The Morgan fingerprint density at radius 3 is 2.84 bits per heavy atom. The maximum Gasteiger partial charge on any atom is 0.405 e. The van der Waals surface area contributed by atoms with E-state index in [9.17, 15) is 10.0 Å². The summed E-state index contributed by atoms with van der Waals surface area (Å²) in [6.07, 6.45) is 1.54. The van der Waals surface area contributed by atoms with E-state index in [2.05, 4.69) is 4.98 Å². The average molecular weight is 279 g/mol. The van der Waals surface area contributed by atoms with Crippen molar-refractivity contribution in [2.24, 2.45) is 0 Å². The lowest BCUT2D eigenvalue weighted by Crippen LogP contribution is -2.38. The predicted molar refractivity (Wildman–Crippen MR) is 69.6 cm³/mol. The molecule has 0 aliphatic rings. The molecular formula is C13H11ClN2O3. The zero-order valence-electron chi connectivity index (χ0n) is 10.2. The van der Waals surface area contributed by atoms with Crippen molar-refractivity contribution in [3.63, 3.8) is 0 Å². The summed E-state index contributed by atoms with van der Waals surface area (Å²) in [6, 6.07) is 7.91. The maximum atomic E-state index is 12.2. The molecule has 0 N–H and O–H groups in total. The summed E-state index contributed by atoms with van der Waals surface area (Å²) in [5.74, 6) is -0.689. The zero-order valence-corrected chi connectivity index (χ0v) is 10.9. The van der Waals surface area contributed by atoms with E-state index in [1.807, 2.05) is 0 Å². The molecule has 2 aromatic heterocycles. The van der Waals surface area contributed by atoms with Gasteiger partial charge in [-0.3, -0.25) is 0 Å². The SMILES string of the molecule is CCOC(=O)c1ccc(Cl)c(-c2ccccn2)[n+]1[O-]. The second kappa shape index (κ2) is 5.67. The number of esters is 1. The summed E-state index contributed by atoms with van der Waals surface area (Å²) in [4.78, 5) is 15.7. The molecule has 0 saturated carbocycles. The molecule has 19 heavy (non-hydrogen) atoms. The van der Waals surface area contributed by atoms with Gasteiger partial charge in [-0.05, 0) is 25.1 Å². The second-order valence-electron chi connectivity index (χ2n) is 3.64. The molecule has 0 atom stereocenters. The van der Waals surface area contributed by atoms with Crippen molar-refractivity contribution in [2.45, 2.75) is 6.92 Å². The first-order chi connectivity index (χ1) is 9.15. The van der Waals surface area contributed by atoms with Crippen molar-refractivity contribution >= 4 is 17.6 Å². The first-order valence-corrected chi connectivity index (χ1v) is 6.03. The Morgan fingerprint density at radius 2 is 2.21 bits per heavy atom. The maximum absolute atomic E-state index is 12.2. The van der Waals surface area contributed by atoms with E-state index in [1.54, 1.807) is 31.3 Å². The molecule has 0 aromatic carbocycles. The Balaban J connectivity index is 2.56. The zero-order chi connectivity index (χ0) is 13.8. The number of ether oxygens (including phenoxy) is 1. The summed E-state index contributed by atoms with van der Waals surface area (Å²) in [5, 5.41) is 12.4. The van der Waals surface area contributed by atoms with Gasteiger partial charge in [0.1, 0.15) is 10.7 Å². The minimum atomic E-state index is -0.689. The molecule has 6 heteroatoms. The first kappa shape index (κ1) is 13.3. The third-order valence-electron chi connectivity index (χ3n) is 2.43. The lowest BCUT2D eigenvalue weighted by atomic mass is 10.2. The van der Waals surface area contributed by atoms with E-state index in [1.165, 1.54) is 12.1 Å². The van der Waals surface area contributed by atoms with E-state index in [0.717, 1.165) is 0 Å². The standard InChI is InChI=1S/C13H11ClN2O3/c1-2-19-13(17)11-7-6-9(14)12(16(11)18)10-5-3-4-8-15-10/h3-8H,2H2,1H3. The highest BCUT2D eigenvalue weighted by Crippen LogP contribution is 2.22. The van der Waals surface area contributed by atoms with Gasteiger partial charge in [-0.1, -0.05) is 17.7 Å². The van der Waals surface area contributed by atoms with Gasteiger partial charge in [0.05, 0.1) is 6.61 Å². The molecule has 2 rings (SSSR count). The van der Waals surface area contributed by atoms with Crippen molar-refractivity contribution in [2.75, 3.05) is 6.61 Å². The van der Waals surface area contributed by atoms with Crippen LogP contribution in [-0.4, -0.2) is 17.6 Å². The van der Waals surface area contributed by atoms with E-state index in [4.69, 9.17) is 16.3 Å². The van der Waals surface area contributed by atoms with Crippen molar-refractivity contribution in [3.8, 4) is 11.4 Å². The van der Waals surface area contributed by atoms with Crippen LogP contribution in [0, 0.1) is 5.21 Å². The van der Waals surface area contributed by atoms with Crippen LogP contribution in [0.2, 0.25) is 5.02 Å². The van der Waals surface area contributed by atoms with Crippen molar-refractivity contribution in [1.29, 1.82) is 0 Å². The second-order valence-corrected chi connectivity index (χ2v) is 4.05. The molecule has 2 heterocycles. The Kier molecular flexibility index (Phi) is 3.97. The van der Waals surface area contributed by atoms with Crippen LogP contribution in [0.15, 0.2) is 36.5 Å².